The van der Waals surface area contributed by atoms with Gasteiger partial charge in [-0.05, 0) is 43.3 Å². The molecule has 0 saturated carbocycles. The number of halogens is 3. The van der Waals surface area contributed by atoms with Crippen LogP contribution in [0.25, 0.3) is 0 Å². The van der Waals surface area contributed by atoms with E-state index in [4.69, 9.17) is 4.74 Å². The molecule has 5 nitrogen and oxygen atoms in total. The molecule has 25 heavy (non-hydrogen) atoms. The third-order valence-corrected chi connectivity index (χ3v) is 5.72. The van der Waals surface area contributed by atoms with E-state index in [1.165, 1.54) is 18.4 Å². The molecule has 0 fully saturated rings. The summed E-state index contributed by atoms with van der Waals surface area (Å²) in [5, 5.41) is 0. The zero-order chi connectivity index (χ0) is 18.7. The van der Waals surface area contributed by atoms with Crippen molar-refractivity contribution in [1.82, 2.24) is 4.72 Å². The Labute approximate surface area is 147 Å². The van der Waals surface area contributed by atoms with Crippen LogP contribution in [0.5, 0.6) is 5.75 Å². The van der Waals surface area contributed by atoms with Gasteiger partial charge in [0.2, 0.25) is 10.0 Å². The van der Waals surface area contributed by atoms with Gasteiger partial charge in [0, 0.05) is 23.4 Å². The first-order valence-corrected chi connectivity index (χ1v) is 9.35. The van der Waals surface area contributed by atoms with Gasteiger partial charge in [0.15, 0.2) is 0 Å². The van der Waals surface area contributed by atoms with Gasteiger partial charge < -0.3 is 9.47 Å². The minimum Gasteiger partial charge on any atom is -0.406 e. The highest BCUT2D eigenvalue weighted by Gasteiger charge is 2.31. The molecule has 10 heteroatoms. The third-order valence-electron chi connectivity index (χ3n) is 3.19. The van der Waals surface area contributed by atoms with E-state index in [1.807, 2.05) is 19.1 Å². The van der Waals surface area contributed by atoms with Crippen LogP contribution in [0.2, 0.25) is 0 Å². The van der Waals surface area contributed by atoms with E-state index in [2.05, 4.69) is 9.46 Å². The number of sulfonamides is 1. The maximum absolute atomic E-state index is 12.3. The van der Waals surface area contributed by atoms with Crippen molar-refractivity contribution in [2.75, 3.05) is 13.7 Å². The van der Waals surface area contributed by atoms with Gasteiger partial charge in [-0.15, -0.1) is 24.5 Å². The van der Waals surface area contributed by atoms with Crippen LogP contribution in [0.3, 0.4) is 0 Å². The van der Waals surface area contributed by atoms with Crippen molar-refractivity contribution in [2.24, 2.45) is 0 Å². The van der Waals surface area contributed by atoms with Crippen LogP contribution in [0.4, 0.5) is 13.2 Å². The van der Waals surface area contributed by atoms with Gasteiger partial charge in [-0.25, -0.2) is 13.1 Å². The van der Waals surface area contributed by atoms with Gasteiger partial charge >= 0.3 is 6.36 Å². The van der Waals surface area contributed by atoms with Crippen LogP contribution >= 0.6 is 11.3 Å². The van der Waals surface area contributed by atoms with Gasteiger partial charge in [-0.3, -0.25) is 0 Å². The Morgan fingerprint density at radius 3 is 2.28 bits per heavy atom. The lowest BCUT2D eigenvalue weighted by molar-refractivity contribution is -0.274. The quantitative estimate of drug-likeness (QED) is 0.778. The Morgan fingerprint density at radius 1 is 1.16 bits per heavy atom. The van der Waals surface area contributed by atoms with Crippen LogP contribution in [-0.2, 0) is 14.8 Å². The summed E-state index contributed by atoms with van der Waals surface area (Å²) >= 11 is 1.49. The second kappa shape index (κ2) is 7.73. The lowest BCUT2D eigenvalue weighted by atomic mass is 10.3. The van der Waals surface area contributed by atoms with Gasteiger partial charge in [-0.2, -0.15) is 0 Å². The predicted octanol–water partition coefficient (Wildman–Crippen LogP) is 3.62. The number of thiophene rings is 1. The predicted molar refractivity (Wildman–Crippen MR) is 87.1 cm³/mol. The van der Waals surface area contributed by atoms with Crippen LogP contribution < -0.4 is 9.46 Å². The average molecular weight is 395 g/mol. The highest BCUT2D eigenvalue weighted by molar-refractivity contribution is 7.89. The Kier molecular flexibility index (Phi) is 6.09. The lowest BCUT2D eigenvalue weighted by Crippen LogP contribution is -2.29. The molecule has 0 aliphatic carbocycles. The van der Waals surface area contributed by atoms with E-state index < -0.39 is 28.2 Å². The van der Waals surface area contributed by atoms with Crippen molar-refractivity contribution in [2.45, 2.75) is 24.3 Å². The van der Waals surface area contributed by atoms with E-state index in [0.717, 1.165) is 34.0 Å². The largest absolute Gasteiger partial charge is 0.573 e. The fourth-order valence-corrected chi connectivity index (χ4v) is 4.00. The maximum atomic E-state index is 12.3. The van der Waals surface area contributed by atoms with E-state index >= 15 is 0 Å². The molecule has 2 rings (SSSR count). The summed E-state index contributed by atoms with van der Waals surface area (Å²) in [7, 11) is -2.42. The summed E-state index contributed by atoms with van der Waals surface area (Å²) in [6, 6.07) is 7.73. The third kappa shape index (κ3) is 5.70. The molecule has 138 valence electrons. The molecule has 1 aromatic heterocycles. The molecule has 1 atom stereocenters. The van der Waals surface area contributed by atoms with Crippen molar-refractivity contribution in [3.8, 4) is 5.75 Å². The van der Waals surface area contributed by atoms with Crippen molar-refractivity contribution >= 4 is 21.4 Å². The molecule has 0 spiro atoms. The fraction of sp³-hybridized carbons (Fsp3) is 0.333. The number of benzene rings is 1. The smallest absolute Gasteiger partial charge is 0.406 e. The Bertz CT molecular complexity index is 801. The summed E-state index contributed by atoms with van der Waals surface area (Å²) in [5.41, 5.74) is 0. The van der Waals surface area contributed by atoms with Crippen molar-refractivity contribution in [3.63, 3.8) is 0 Å². The molecule has 0 unspecified atom stereocenters. The number of methoxy groups -OCH3 is 1. The van der Waals surface area contributed by atoms with Crippen LogP contribution in [0.1, 0.15) is 15.9 Å². The molecule has 0 aliphatic heterocycles. The summed E-state index contributed by atoms with van der Waals surface area (Å²) in [6.45, 7) is 1.93. The monoisotopic (exact) mass is 395 g/mol. The normalized spacial score (nSPS) is 13.6. The summed E-state index contributed by atoms with van der Waals surface area (Å²) in [5.74, 6) is -0.490. The van der Waals surface area contributed by atoms with Gasteiger partial charge in [0.05, 0.1) is 4.90 Å². The van der Waals surface area contributed by atoms with Gasteiger partial charge in [0.25, 0.3) is 0 Å². The highest BCUT2D eigenvalue weighted by atomic mass is 32.2. The maximum Gasteiger partial charge on any atom is 0.573 e. The zero-order valence-electron chi connectivity index (χ0n) is 13.3. The Morgan fingerprint density at radius 2 is 1.80 bits per heavy atom. The molecule has 0 saturated heterocycles. The molecule has 0 bridgehead atoms. The second-order valence-corrected chi connectivity index (χ2v) is 8.13. The number of ether oxygens (including phenoxy) is 2. The topological polar surface area (TPSA) is 64.6 Å². The number of rotatable bonds is 7. The van der Waals surface area contributed by atoms with E-state index in [9.17, 15) is 21.6 Å². The average Bonchev–Trinajstić information content (AvgIpc) is 2.93. The number of hydrogen-bond donors (Lipinski definition) is 1. The standard InChI is InChI=1S/C15H16F3NO4S2/c1-10-3-8-14(24-10)13(22-2)9-19-25(20,21)12-6-4-11(5-7-12)23-15(16,17)18/h3-8,13,19H,9H2,1-2H3/t13-/m1/s1. The van der Waals surface area contributed by atoms with Crippen molar-refractivity contribution < 1.29 is 31.1 Å². The number of aryl methyl sites for hydroxylation is 1. The van der Waals surface area contributed by atoms with Crippen molar-refractivity contribution in [1.29, 1.82) is 0 Å². The van der Waals surface area contributed by atoms with E-state index in [-0.39, 0.29) is 11.4 Å². The second-order valence-electron chi connectivity index (χ2n) is 5.04. The fourth-order valence-electron chi connectivity index (χ4n) is 2.02. The molecule has 0 aliphatic rings. The van der Waals surface area contributed by atoms with Crippen molar-refractivity contribution in [3.05, 3.63) is 46.2 Å². The molecular formula is C15H16F3NO4S2. The Balaban J connectivity index is 2.05. The van der Waals surface area contributed by atoms with E-state index in [0.29, 0.717) is 0 Å². The van der Waals surface area contributed by atoms with Gasteiger partial charge in [-0.1, -0.05) is 0 Å². The lowest BCUT2D eigenvalue weighted by Gasteiger charge is -2.15. The molecule has 2 aromatic rings. The van der Waals surface area contributed by atoms with E-state index in [1.54, 1.807) is 0 Å². The zero-order valence-corrected chi connectivity index (χ0v) is 15.0. The first-order chi connectivity index (χ1) is 11.6. The Hall–Kier alpha value is -1.62. The SMILES string of the molecule is CO[C@H](CNS(=O)(=O)c1ccc(OC(F)(F)F)cc1)c1ccc(C)s1. The van der Waals surface area contributed by atoms with Crippen LogP contribution in [-0.4, -0.2) is 28.4 Å². The number of hydrogen-bond acceptors (Lipinski definition) is 5. The summed E-state index contributed by atoms with van der Waals surface area (Å²) in [4.78, 5) is 1.77. The summed E-state index contributed by atoms with van der Waals surface area (Å²) < 4.78 is 72.3. The first kappa shape index (κ1) is 19.7. The molecule has 0 amide bonds. The van der Waals surface area contributed by atoms with Gasteiger partial charge in [0.1, 0.15) is 11.9 Å². The summed E-state index contributed by atoms with van der Waals surface area (Å²) in [6.07, 6.45) is -5.29. The minimum absolute atomic E-state index is 0.000408. The molecule has 1 aromatic carbocycles. The molecule has 0 radical (unpaired) electrons. The minimum atomic E-state index is -4.83. The highest BCUT2D eigenvalue weighted by Crippen LogP contribution is 2.26. The van der Waals surface area contributed by atoms with Crippen LogP contribution in [0.15, 0.2) is 41.3 Å². The number of nitrogens with one attached hydrogen (secondary N) is 1. The molecule has 1 N–H and O–H groups in total. The molecular weight excluding hydrogens is 379 g/mol. The van der Waals surface area contributed by atoms with Crippen LogP contribution in [0, 0.1) is 6.92 Å². The molecule has 1 heterocycles. The number of alkyl halides is 3. The first-order valence-electron chi connectivity index (χ1n) is 7.05.